The number of carbonyl (C=O) groups is 1. The highest BCUT2D eigenvalue weighted by atomic mass is 35.5. The van der Waals surface area contributed by atoms with Crippen LogP contribution in [0.25, 0.3) is 28.3 Å². The number of carbonyl (C=O) groups excluding carboxylic acids is 1. The number of hydrogen-bond donors (Lipinski definition) is 1. The van der Waals surface area contributed by atoms with Gasteiger partial charge in [0, 0.05) is 39.6 Å². The summed E-state index contributed by atoms with van der Waals surface area (Å²) < 4.78 is 12.6. The Bertz CT molecular complexity index is 1560. The van der Waals surface area contributed by atoms with Crippen LogP contribution >= 0.6 is 34.7 Å². The van der Waals surface area contributed by atoms with Crippen molar-refractivity contribution in [3.8, 4) is 39.8 Å². The first-order valence-electron chi connectivity index (χ1n) is 11.3. The number of amides is 1. The third kappa shape index (κ3) is 5.64. The molecule has 38 heavy (non-hydrogen) atoms. The van der Waals surface area contributed by atoms with Crippen molar-refractivity contribution in [1.29, 1.82) is 0 Å². The van der Waals surface area contributed by atoms with Crippen LogP contribution in [0, 0.1) is 0 Å². The van der Waals surface area contributed by atoms with Crippen molar-refractivity contribution >= 4 is 45.7 Å². The van der Waals surface area contributed by atoms with E-state index >= 15 is 0 Å². The van der Waals surface area contributed by atoms with Gasteiger partial charge in [0.2, 0.25) is 5.91 Å². The number of nitrogens with zero attached hydrogens (tertiary/aromatic N) is 5. The molecule has 0 spiro atoms. The molecule has 0 unspecified atom stereocenters. The molecule has 9 nitrogen and oxygen atoms in total. The molecule has 2 aromatic carbocycles. The van der Waals surface area contributed by atoms with Crippen LogP contribution < -0.4 is 14.8 Å². The minimum Gasteiger partial charge on any atom is -0.493 e. The largest absolute Gasteiger partial charge is 0.493 e. The number of pyridine rings is 1. The van der Waals surface area contributed by atoms with Gasteiger partial charge < -0.3 is 14.8 Å². The summed E-state index contributed by atoms with van der Waals surface area (Å²) in [4.78, 5) is 21.4. The number of hydrogen-bond acceptors (Lipinski definition) is 9. The number of rotatable bonds is 9. The van der Waals surface area contributed by atoms with Gasteiger partial charge >= 0.3 is 0 Å². The van der Waals surface area contributed by atoms with E-state index in [9.17, 15) is 4.79 Å². The number of aromatic nitrogens is 5. The van der Waals surface area contributed by atoms with Gasteiger partial charge in [-0.05, 0) is 54.6 Å². The zero-order valence-electron chi connectivity index (χ0n) is 20.3. The molecule has 3 aromatic heterocycles. The molecule has 0 bridgehead atoms. The van der Waals surface area contributed by atoms with Crippen molar-refractivity contribution in [3.63, 3.8) is 0 Å². The lowest BCUT2D eigenvalue weighted by Crippen LogP contribution is -2.14. The second kappa shape index (κ2) is 11.6. The highest BCUT2D eigenvalue weighted by Gasteiger charge is 2.18. The fourth-order valence-corrected chi connectivity index (χ4v) is 5.23. The van der Waals surface area contributed by atoms with Gasteiger partial charge in [-0.1, -0.05) is 23.4 Å². The molecular weight excluding hydrogens is 544 g/mol. The lowest BCUT2D eigenvalue weighted by Gasteiger charge is -2.10. The predicted molar refractivity (Wildman–Crippen MR) is 150 cm³/mol. The average Bonchev–Trinajstić information content (AvgIpc) is 3.60. The Kier molecular flexibility index (Phi) is 7.87. The van der Waals surface area contributed by atoms with Crippen molar-refractivity contribution < 1.29 is 14.3 Å². The lowest BCUT2D eigenvalue weighted by atomic mass is 10.1. The topological polar surface area (TPSA) is 104 Å². The summed E-state index contributed by atoms with van der Waals surface area (Å²) in [5, 5.41) is 15.2. The van der Waals surface area contributed by atoms with Crippen LogP contribution in [0.1, 0.15) is 0 Å². The van der Waals surface area contributed by atoms with Gasteiger partial charge in [0.15, 0.2) is 27.6 Å². The van der Waals surface area contributed by atoms with Gasteiger partial charge in [0.25, 0.3) is 0 Å². The van der Waals surface area contributed by atoms with Gasteiger partial charge in [-0.25, -0.2) is 4.98 Å². The monoisotopic (exact) mass is 564 g/mol. The highest BCUT2D eigenvalue weighted by molar-refractivity contribution is 7.99. The molecular formula is C26H21ClN6O3S2. The lowest BCUT2D eigenvalue weighted by molar-refractivity contribution is -0.113. The van der Waals surface area contributed by atoms with Crippen molar-refractivity contribution in [3.05, 3.63) is 77.4 Å². The summed E-state index contributed by atoms with van der Waals surface area (Å²) in [7, 11) is 3.17. The van der Waals surface area contributed by atoms with Crippen LogP contribution in [0.4, 0.5) is 5.13 Å². The zero-order chi connectivity index (χ0) is 26.5. The standard InChI is InChI=1S/C26H21ClN6O3S2/c1-35-21-8-3-17(13-22(21)36-2)20-14-37-25(29-20)30-23(34)15-38-26-32-31-24(16-9-11-28-12-10-16)33(26)19-6-4-18(27)5-7-19/h3-14H,15H2,1-2H3,(H,29,30,34). The Balaban J connectivity index is 1.31. The van der Waals surface area contributed by atoms with E-state index in [2.05, 4.69) is 25.5 Å². The normalized spacial score (nSPS) is 10.8. The fourth-order valence-electron chi connectivity index (χ4n) is 3.62. The predicted octanol–water partition coefficient (Wildman–Crippen LogP) is 5.85. The van der Waals surface area contributed by atoms with Crippen LogP contribution in [0.2, 0.25) is 5.02 Å². The van der Waals surface area contributed by atoms with Gasteiger partial charge in [-0.3, -0.25) is 14.3 Å². The second-order valence-electron chi connectivity index (χ2n) is 7.80. The molecule has 0 aliphatic heterocycles. The number of halogens is 1. The number of ether oxygens (including phenoxy) is 2. The van der Waals surface area contributed by atoms with E-state index in [0.29, 0.717) is 32.6 Å². The molecule has 5 rings (SSSR count). The Morgan fingerprint density at radius 1 is 1.00 bits per heavy atom. The Hall–Kier alpha value is -3.93. The summed E-state index contributed by atoms with van der Waals surface area (Å²) >= 11 is 8.72. The summed E-state index contributed by atoms with van der Waals surface area (Å²) in [5.74, 6) is 1.79. The van der Waals surface area contributed by atoms with E-state index in [1.54, 1.807) is 38.7 Å². The molecule has 0 radical (unpaired) electrons. The number of benzene rings is 2. The highest BCUT2D eigenvalue weighted by Crippen LogP contribution is 2.34. The Morgan fingerprint density at radius 3 is 2.50 bits per heavy atom. The second-order valence-corrected chi connectivity index (χ2v) is 10.0. The third-order valence-electron chi connectivity index (χ3n) is 5.42. The van der Waals surface area contributed by atoms with Gasteiger partial charge in [0.05, 0.1) is 25.7 Å². The van der Waals surface area contributed by atoms with E-state index in [0.717, 1.165) is 22.5 Å². The molecule has 1 amide bonds. The molecule has 3 heterocycles. The smallest absolute Gasteiger partial charge is 0.236 e. The quantitative estimate of drug-likeness (QED) is 0.222. The first-order valence-corrected chi connectivity index (χ1v) is 13.5. The molecule has 5 aromatic rings. The van der Waals surface area contributed by atoms with E-state index < -0.39 is 0 Å². The SMILES string of the molecule is COc1ccc(-c2csc(NC(=O)CSc3nnc(-c4ccncc4)n3-c3ccc(Cl)cc3)n2)cc1OC. The van der Waals surface area contributed by atoms with Crippen molar-refractivity contribution in [2.24, 2.45) is 0 Å². The maximum Gasteiger partial charge on any atom is 0.236 e. The maximum atomic E-state index is 12.8. The van der Waals surface area contributed by atoms with Crippen LogP contribution in [0.5, 0.6) is 11.5 Å². The first kappa shape index (κ1) is 25.7. The first-order chi connectivity index (χ1) is 18.6. The minimum atomic E-state index is -0.209. The van der Waals surface area contributed by atoms with Crippen LogP contribution in [-0.2, 0) is 4.79 Å². The van der Waals surface area contributed by atoms with E-state index in [1.165, 1.54) is 23.1 Å². The Labute approximate surface area is 231 Å². The molecule has 0 saturated heterocycles. The number of nitrogens with one attached hydrogen (secondary N) is 1. The molecule has 0 aliphatic rings. The molecule has 192 valence electrons. The molecule has 12 heteroatoms. The molecule has 0 fully saturated rings. The molecule has 0 saturated carbocycles. The number of thiazole rings is 1. The summed E-state index contributed by atoms with van der Waals surface area (Å²) in [6, 6.07) is 16.6. The van der Waals surface area contributed by atoms with Crippen molar-refractivity contribution in [2.45, 2.75) is 5.16 Å². The van der Waals surface area contributed by atoms with Crippen molar-refractivity contribution in [1.82, 2.24) is 24.7 Å². The van der Waals surface area contributed by atoms with Crippen LogP contribution in [0.15, 0.2) is 77.5 Å². The number of anilines is 1. The van der Waals surface area contributed by atoms with Crippen LogP contribution in [-0.4, -0.2) is 50.6 Å². The molecule has 0 aliphatic carbocycles. The number of methoxy groups -OCH3 is 2. The van der Waals surface area contributed by atoms with Crippen LogP contribution in [0.3, 0.4) is 0 Å². The van der Waals surface area contributed by atoms with Gasteiger partial charge in [0.1, 0.15) is 0 Å². The van der Waals surface area contributed by atoms with Gasteiger partial charge in [-0.2, -0.15) is 0 Å². The summed E-state index contributed by atoms with van der Waals surface area (Å²) in [6.45, 7) is 0. The summed E-state index contributed by atoms with van der Waals surface area (Å²) in [6.07, 6.45) is 3.39. The summed E-state index contributed by atoms with van der Waals surface area (Å²) in [5.41, 5.74) is 3.26. The average molecular weight is 565 g/mol. The Morgan fingerprint density at radius 2 is 1.76 bits per heavy atom. The molecule has 0 atom stereocenters. The van der Waals surface area contributed by atoms with Crippen molar-refractivity contribution in [2.75, 3.05) is 25.3 Å². The zero-order valence-corrected chi connectivity index (χ0v) is 22.7. The van der Waals surface area contributed by atoms with E-state index in [1.807, 2.05) is 52.4 Å². The maximum absolute atomic E-state index is 12.8. The minimum absolute atomic E-state index is 0.118. The van der Waals surface area contributed by atoms with Gasteiger partial charge in [-0.15, -0.1) is 21.5 Å². The van der Waals surface area contributed by atoms with E-state index in [-0.39, 0.29) is 11.7 Å². The molecule has 1 N–H and O–H groups in total. The number of thioether (sulfide) groups is 1. The van der Waals surface area contributed by atoms with E-state index in [4.69, 9.17) is 21.1 Å². The third-order valence-corrected chi connectivity index (χ3v) is 7.36. The fraction of sp³-hybridized carbons (Fsp3) is 0.115.